The molecule has 4 rings (SSSR count). The summed E-state index contributed by atoms with van der Waals surface area (Å²) >= 11 is 0. The maximum atomic E-state index is 12.5. The van der Waals surface area contributed by atoms with Crippen LogP contribution in [0, 0.1) is 5.92 Å². The largest absolute Gasteiger partial charge is 0.480 e. The van der Waals surface area contributed by atoms with Crippen LogP contribution in [0.3, 0.4) is 0 Å². The van der Waals surface area contributed by atoms with Crippen molar-refractivity contribution < 1.29 is 24.2 Å². The summed E-state index contributed by atoms with van der Waals surface area (Å²) in [5.41, 5.74) is 4.66. The van der Waals surface area contributed by atoms with Crippen LogP contribution in [0.2, 0.25) is 0 Å². The molecule has 2 aromatic carbocycles. The summed E-state index contributed by atoms with van der Waals surface area (Å²) in [6.45, 7) is 2.12. The van der Waals surface area contributed by atoms with Crippen LogP contribution in [0.25, 0.3) is 11.1 Å². The highest BCUT2D eigenvalue weighted by atomic mass is 16.5. The van der Waals surface area contributed by atoms with Crippen LogP contribution in [-0.2, 0) is 14.3 Å². The van der Waals surface area contributed by atoms with Gasteiger partial charge in [-0.3, -0.25) is 4.79 Å². The molecule has 1 fully saturated rings. The number of carbonyl (C=O) groups excluding carboxylic acids is 2. The standard InChI is InChI=1S/C26H30N2O5/c1-2-7-23(25(30)31)28-24(29)16-12-13-17(14-16)27-26(32)33-15-22-20-10-5-3-8-18(20)19-9-4-6-11-21(19)22/h3-6,8-11,16-17,22-23H,2,7,12-15H2,1H3,(H,27,32)(H,28,29)(H,30,31)/t16-,17+,23+/m0/s1. The van der Waals surface area contributed by atoms with E-state index in [0.29, 0.717) is 32.1 Å². The van der Waals surface area contributed by atoms with Gasteiger partial charge in [-0.15, -0.1) is 0 Å². The number of carboxylic acids is 1. The van der Waals surface area contributed by atoms with Gasteiger partial charge in [-0.05, 0) is 47.9 Å². The quantitative estimate of drug-likeness (QED) is 0.563. The van der Waals surface area contributed by atoms with Crippen LogP contribution in [0.5, 0.6) is 0 Å². The Morgan fingerprint density at radius 3 is 2.27 bits per heavy atom. The first-order valence-corrected chi connectivity index (χ1v) is 11.6. The Labute approximate surface area is 193 Å². The molecular weight excluding hydrogens is 420 g/mol. The number of aliphatic carboxylic acids is 1. The predicted molar refractivity (Wildman–Crippen MR) is 124 cm³/mol. The Hall–Kier alpha value is -3.35. The fourth-order valence-corrected chi connectivity index (χ4v) is 4.99. The van der Waals surface area contributed by atoms with Crippen molar-refractivity contribution in [2.75, 3.05) is 6.61 Å². The molecular formula is C26H30N2O5. The number of carbonyl (C=O) groups is 3. The number of benzene rings is 2. The molecule has 2 aromatic rings. The summed E-state index contributed by atoms with van der Waals surface area (Å²) in [7, 11) is 0. The number of nitrogens with one attached hydrogen (secondary N) is 2. The molecule has 0 aliphatic heterocycles. The molecule has 0 aromatic heterocycles. The molecule has 2 aliphatic rings. The zero-order valence-corrected chi connectivity index (χ0v) is 18.8. The zero-order valence-electron chi connectivity index (χ0n) is 18.8. The zero-order chi connectivity index (χ0) is 23.4. The number of hydrogen-bond acceptors (Lipinski definition) is 4. The lowest BCUT2D eigenvalue weighted by molar-refractivity contribution is -0.142. The summed E-state index contributed by atoms with van der Waals surface area (Å²) in [5.74, 6) is -1.58. The van der Waals surface area contributed by atoms with Crippen molar-refractivity contribution in [1.82, 2.24) is 10.6 Å². The molecule has 1 saturated carbocycles. The van der Waals surface area contributed by atoms with Gasteiger partial charge < -0.3 is 20.5 Å². The van der Waals surface area contributed by atoms with Crippen molar-refractivity contribution in [3.63, 3.8) is 0 Å². The second-order valence-electron chi connectivity index (χ2n) is 8.86. The molecule has 0 spiro atoms. The summed E-state index contributed by atoms with van der Waals surface area (Å²) in [5, 5.41) is 14.8. The fourth-order valence-electron chi connectivity index (χ4n) is 4.99. The second kappa shape index (κ2) is 10.1. The van der Waals surface area contributed by atoms with Crippen molar-refractivity contribution >= 4 is 18.0 Å². The van der Waals surface area contributed by atoms with E-state index in [-0.39, 0.29) is 30.4 Å². The van der Waals surface area contributed by atoms with Crippen LogP contribution < -0.4 is 10.6 Å². The minimum absolute atomic E-state index is 0.00299. The van der Waals surface area contributed by atoms with Crippen molar-refractivity contribution in [3.05, 3.63) is 59.7 Å². The Morgan fingerprint density at radius 1 is 1.03 bits per heavy atom. The van der Waals surface area contributed by atoms with E-state index in [1.54, 1.807) is 0 Å². The minimum Gasteiger partial charge on any atom is -0.480 e. The Kier molecular flexibility index (Phi) is 6.96. The summed E-state index contributed by atoms with van der Waals surface area (Å²) in [6, 6.07) is 15.3. The molecule has 3 N–H and O–H groups in total. The first-order valence-electron chi connectivity index (χ1n) is 11.6. The molecule has 0 radical (unpaired) electrons. The van der Waals surface area contributed by atoms with Crippen molar-refractivity contribution in [1.29, 1.82) is 0 Å². The molecule has 0 unspecified atom stereocenters. The Balaban J connectivity index is 1.29. The van der Waals surface area contributed by atoms with Gasteiger partial charge in [0.1, 0.15) is 12.6 Å². The molecule has 33 heavy (non-hydrogen) atoms. The van der Waals surface area contributed by atoms with Gasteiger partial charge in [-0.1, -0.05) is 61.9 Å². The number of amides is 2. The lowest BCUT2D eigenvalue weighted by atomic mass is 9.98. The van der Waals surface area contributed by atoms with Crippen molar-refractivity contribution in [2.45, 2.75) is 57.0 Å². The van der Waals surface area contributed by atoms with E-state index in [1.807, 2.05) is 31.2 Å². The van der Waals surface area contributed by atoms with Crippen molar-refractivity contribution in [3.8, 4) is 11.1 Å². The highest BCUT2D eigenvalue weighted by molar-refractivity contribution is 5.85. The first-order chi connectivity index (χ1) is 16.0. The minimum atomic E-state index is -1.02. The van der Waals surface area contributed by atoms with Gasteiger partial charge in [0.2, 0.25) is 5.91 Å². The Morgan fingerprint density at radius 2 is 1.67 bits per heavy atom. The van der Waals surface area contributed by atoms with E-state index in [9.17, 15) is 19.5 Å². The molecule has 174 valence electrons. The van der Waals surface area contributed by atoms with Crippen LogP contribution in [0.15, 0.2) is 48.5 Å². The number of fused-ring (bicyclic) bond motifs is 3. The van der Waals surface area contributed by atoms with E-state index in [4.69, 9.17) is 4.74 Å². The normalized spacial score (nSPS) is 19.9. The van der Waals surface area contributed by atoms with Gasteiger partial charge in [-0.25, -0.2) is 9.59 Å². The maximum Gasteiger partial charge on any atom is 0.407 e. The monoisotopic (exact) mass is 450 g/mol. The van der Waals surface area contributed by atoms with Crippen LogP contribution in [0.4, 0.5) is 4.79 Å². The summed E-state index contributed by atoms with van der Waals surface area (Å²) in [4.78, 5) is 36.3. The molecule has 0 saturated heterocycles. The van der Waals surface area contributed by atoms with Gasteiger partial charge in [0, 0.05) is 17.9 Å². The molecule has 0 heterocycles. The highest BCUT2D eigenvalue weighted by Gasteiger charge is 2.34. The topological polar surface area (TPSA) is 105 Å². The third-order valence-corrected chi connectivity index (χ3v) is 6.66. The predicted octanol–water partition coefficient (Wildman–Crippen LogP) is 4.06. The maximum absolute atomic E-state index is 12.5. The van der Waals surface area contributed by atoms with Crippen LogP contribution in [0.1, 0.15) is 56.1 Å². The lowest BCUT2D eigenvalue weighted by Gasteiger charge is -2.18. The Bertz CT molecular complexity index is 991. The van der Waals surface area contributed by atoms with Crippen LogP contribution in [-0.4, -0.2) is 41.8 Å². The van der Waals surface area contributed by atoms with E-state index >= 15 is 0 Å². The van der Waals surface area contributed by atoms with Gasteiger partial charge in [-0.2, -0.15) is 0 Å². The lowest BCUT2D eigenvalue weighted by Crippen LogP contribution is -2.43. The second-order valence-corrected chi connectivity index (χ2v) is 8.86. The summed E-state index contributed by atoms with van der Waals surface area (Å²) in [6.07, 6.45) is 2.33. The van der Waals surface area contributed by atoms with Gasteiger partial charge >= 0.3 is 12.1 Å². The van der Waals surface area contributed by atoms with E-state index in [2.05, 4.69) is 34.9 Å². The number of ether oxygens (including phenoxy) is 1. The third-order valence-electron chi connectivity index (χ3n) is 6.66. The van der Waals surface area contributed by atoms with Crippen molar-refractivity contribution in [2.24, 2.45) is 5.92 Å². The molecule has 7 heteroatoms. The van der Waals surface area contributed by atoms with E-state index in [0.717, 1.165) is 11.1 Å². The smallest absolute Gasteiger partial charge is 0.407 e. The van der Waals surface area contributed by atoms with Gasteiger partial charge in [0.05, 0.1) is 0 Å². The molecule has 7 nitrogen and oxygen atoms in total. The van der Waals surface area contributed by atoms with Gasteiger partial charge in [0.25, 0.3) is 0 Å². The number of rotatable bonds is 8. The van der Waals surface area contributed by atoms with Gasteiger partial charge in [0.15, 0.2) is 0 Å². The highest BCUT2D eigenvalue weighted by Crippen LogP contribution is 2.44. The summed E-state index contributed by atoms with van der Waals surface area (Å²) < 4.78 is 5.60. The fraction of sp³-hybridized carbons (Fsp3) is 0.423. The van der Waals surface area contributed by atoms with E-state index in [1.165, 1.54) is 11.1 Å². The number of carboxylic acid groups (broad SMARTS) is 1. The average molecular weight is 451 g/mol. The average Bonchev–Trinajstić information content (AvgIpc) is 3.40. The van der Waals surface area contributed by atoms with E-state index < -0.39 is 18.1 Å². The number of hydrogen-bond donors (Lipinski definition) is 3. The van der Waals surface area contributed by atoms with Crippen LogP contribution >= 0.6 is 0 Å². The molecule has 3 atom stereocenters. The first kappa shape index (κ1) is 22.8. The molecule has 2 aliphatic carbocycles. The number of alkyl carbamates (subject to hydrolysis) is 1. The molecule has 2 amide bonds. The third kappa shape index (κ3) is 5.02. The molecule has 0 bridgehead atoms. The SMILES string of the molecule is CCC[C@@H](NC(=O)[C@H]1CC[C@@H](NC(=O)OCC2c3ccccc3-c3ccccc32)C1)C(=O)O.